The number of hydrogen-bond acceptors (Lipinski definition) is 4. The van der Waals surface area contributed by atoms with Crippen molar-refractivity contribution < 1.29 is 5.21 Å². The second-order valence-electron chi connectivity index (χ2n) is 2.79. The Kier molecular flexibility index (Phi) is 2.24. The number of aromatic nitrogens is 2. The molecule has 1 aromatic rings. The first-order valence-electron chi connectivity index (χ1n) is 3.67. The van der Waals surface area contributed by atoms with Gasteiger partial charge < -0.3 is 0 Å². The van der Waals surface area contributed by atoms with E-state index in [1.165, 1.54) is 21.0 Å². The molecule has 0 radical (unpaired) electrons. The predicted molar refractivity (Wildman–Crippen MR) is 47.1 cm³/mol. The summed E-state index contributed by atoms with van der Waals surface area (Å²) in [6.07, 6.45) is 0. The molecule has 13 heavy (non-hydrogen) atoms. The highest BCUT2D eigenvalue weighted by atomic mass is 16.5. The number of nitrogens with one attached hydrogen (secondary N) is 1. The highest BCUT2D eigenvalue weighted by Gasteiger charge is 2.10. The minimum atomic E-state index is -0.479. The van der Waals surface area contributed by atoms with Gasteiger partial charge in [-0.1, -0.05) is 0 Å². The zero-order valence-corrected chi connectivity index (χ0v) is 7.66. The maximum absolute atomic E-state index is 11.3. The van der Waals surface area contributed by atoms with Crippen molar-refractivity contribution in [3.8, 4) is 0 Å². The number of rotatable bonds is 1. The van der Waals surface area contributed by atoms with E-state index in [1.54, 1.807) is 0 Å². The summed E-state index contributed by atoms with van der Waals surface area (Å²) in [4.78, 5) is 22.6. The SMILES string of the molecule is Cc1c(NO)n(C)c(=O)n(C)c1=O. The molecular weight excluding hydrogens is 174 g/mol. The van der Waals surface area contributed by atoms with Crippen LogP contribution in [0.5, 0.6) is 0 Å². The highest BCUT2D eigenvalue weighted by molar-refractivity contribution is 5.40. The molecule has 0 aliphatic heterocycles. The smallest absolute Gasteiger partial charge is 0.290 e. The molecule has 0 fully saturated rings. The first-order chi connectivity index (χ1) is 6.00. The molecule has 1 heterocycles. The van der Waals surface area contributed by atoms with Crippen LogP contribution in [-0.2, 0) is 14.1 Å². The van der Waals surface area contributed by atoms with Crippen molar-refractivity contribution in [1.29, 1.82) is 0 Å². The van der Waals surface area contributed by atoms with Gasteiger partial charge in [-0.15, -0.1) is 0 Å². The Morgan fingerprint density at radius 1 is 1.23 bits per heavy atom. The molecule has 1 rings (SSSR count). The molecule has 0 unspecified atom stereocenters. The predicted octanol–water partition coefficient (Wildman–Crippen LogP) is -0.806. The number of anilines is 1. The van der Waals surface area contributed by atoms with Crippen LogP contribution in [0.15, 0.2) is 9.59 Å². The van der Waals surface area contributed by atoms with Crippen LogP contribution in [0.4, 0.5) is 5.82 Å². The average Bonchev–Trinajstić information content (AvgIpc) is 2.13. The topological polar surface area (TPSA) is 76.3 Å². The van der Waals surface area contributed by atoms with E-state index in [4.69, 9.17) is 5.21 Å². The fraction of sp³-hybridized carbons (Fsp3) is 0.429. The second kappa shape index (κ2) is 3.06. The normalized spacial score (nSPS) is 10.2. The van der Waals surface area contributed by atoms with Crippen LogP contribution in [-0.4, -0.2) is 14.3 Å². The molecule has 6 heteroatoms. The molecule has 0 saturated carbocycles. The van der Waals surface area contributed by atoms with E-state index in [9.17, 15) is 9.59 Å². The van der Waals surface area contributed by atoms with Gasteiger partial charge in [0.15, 0.2) is 0 Å². The molecule has 0 aliphatic rings. The third-order valence-corrected chi connectivity index (χ3v) is 2.00. The van der Waals surface area contributed by atoms with Gasteiger partial charge in [-0.3, -0.25) is 24.6 Å². The monoisotopic (exact) mass is 185 g/mol. The minimum Gasteiger partial charge on any atom is -0.290 e. The molecule has 6 nitrogen and oxygen atoms in total. The van der Waals surface area contributed by atoms with E-state index in [-0.39, 0.29) is 5.82 Å². The molecule has 1 aromatic heterocycles. The van der Waals surface area contributed by atoms with E-state index in [0.29, 0.717) is 5.56 Å². The first kappa shape index (κ1) is 9.53. The zero-order valence-electron chi connectivity index (χ0n) is 7.66. The van der Waals surface area contributed by atoms with Crippen molar-refractivity contribution in [1.82, 2.24) is 9.13 Å². The molecule has 0 aromatic carbocycles. The van der Waals surface area contributed by atoms with Gasteiger partial charge in [0, 0.05) is 14.1 Å². The lowest BCUT2D eigenvalue weighted by Gasteiger charge is -2.10. The number of hydrogen-bond donors (Lipinski definition) is 2. The van der Waals surface area contributed by atoms with Crippen LogP contribution in [0.3, 0.4) is 0 Å². The quantitative estimate of drug-likeness (QED) is 0.561. The lowest BCUT2D eigenvalue weighted by Crippen LogP contribution is -2.39. The van der Waals surface area contributed by atoms with Crippen LogP contribution in [0.25, 0.3) is 0 Å². The summed E-state index contributed by atoms with van der Waals surface area (Å²) < 4.78 is 2.15. The summed E-state index contributed by atoms with van der Waals surface area (Å²) in [7, 11) is 2.85. The van der Waals surface area contributed by atoms with Crippen LogP contribution in [0, 0.1) is 6.92 Å². The first-order valence-corrected chi connectivity index (χ1v) is 3.67. The van der Waals surface area contributed by atoms with E-state index < -0.39 is 11.2 Å². The summed E-state index contributed by atoms with van der Waals surface area (Å²) >= 11 is 0. The fourth-order valence-electron chi connectivity index (χ4n) is 1.17. The molecule has 0 saturated heterocycles. The summed E-state index contributed by atoms with van der Waals surface area (Å²) in [5.41, 5.74) is 1.22. The van der Waals surface area contributed by atoms with Crippen LogP contribution in [0.2, 0.25) is 0 Å². The van der Waals surface area contributed by atoms with Crippen molar-refractivity contribution in [3.63, 3.8) is 0 Å². The van der Waals surface area contributed by atoms with Gasteiger partial charge in [0.25, 0.3) is 5.56 Å². The highest BCUT2D eigenvalue weighted by Crippen LogP contribution is 2.03. The second-order valence-corrected chi connectivity index (χ2v) is 2.79. The molecule has 0 atom stereocenters. The van der Waals surface area contributed by atoms with Gasteiger partial charge in [0.1, 0.15) is 5.82 Å². The van der Waals surface area contributed by atoms with E-state index >= 15 is 0 Å². The summed E-state index contributed by atoms with van der Waals surface area (Å²) in [6.45, 7) is 1.53. The molecule has 0 aliphatic carbocycles. The Morgan fingerprint density at radius 3 is 2.23 bits per heavy atom. The number of nitrogens with zero attached hydrogens (tertiary/aromatic N) is 2. The van der Waals surface area contributed by atoms with Crippen LogP contribution in [0.1, 0.15) is 5.56 Å². The molecule has 0 spiro atoms. The molecule has 0 amide bonds. The van der Waals surface area contributed by atoms with Crippen molar-refractivity contribution in [2.24, 2.45) is 14.1 Å². The van der Waals surface area contributed by atoms with Crippen LogP contribution < -0.4 is 16.7 Å². The minimum absolute atomic E-state index is 0.119. The van der Waals surface area contributed by atoms with Crippen LogP contribution >= 0.6 is 0 Å². The van der Waals surface area contributed by atoms with Crippen molar-refractivity contribution in [3.05, 3.63) is 26.4 Å². The van der Waals surface area contributed by atoms with Gasteiger partial charge in [-0.25, -0.2) is 4.79 Å². The maximum Gasteiger partial charge on any atom is 0.332 e. The molecule has 72 valence electrons. The van der Waals surface area contributed by atoms with E-state index in [1.807, 2.05) is 5.48 Å². The van der Waals surface area contributed by atoms with E-state index in [2.05, 4.69) is 0 Å². The largest absolute Gasteiger partial charge is 0.332 e. The average molecular weight is 185 g/mol. The third kappa shape index (κ3) is 1.25. The van der Waals surface area contributed by atoms with Gasteiger partial charge >= 0.3 is 5.69 Å². The third-order valence-electron chi connectivity index (χ3n) is 2.00. The molecular formula is C7H11N3O3. The Balaban J connectivity index is 3.78. The Labute approximate surface area is 74.0 Å². The Morgan fingerprint density at radius 2 is 1.77 bits per heavy atom. The molecule has 2 N–H and O–H groups in total. The summed E-state index contributed by atoms with van der Waals surface area (Å²) in [6, 6.07) is 0. The maximum atomic E-state index is 11.3. The summed E-state index contributed by atoms with van der Waals surface area (Å²) in [5.74, 6) is 0.119. The van der Waals surface area contributed by atoms with Gasteiger partial charge in [0.05, 0.1) is 5.56 Å². The zero-order chi connectivity index (χ0) is 10.2. The van der Waals surface area contributed by atoms with Gasteiger partial charge in [-0.05, 0) is 6.92 Å². The standard InChI is InChI=1S/C7H11N3O3/c1-4-5(8-13)9(2)7(12)10(3)6(4)11/h8,13H,1-3H3. The molecule has 0 bridgehead atoms. The van der Waals surface area contributed by atoms with Gasteiger partial charge in [0.2, 0.25) is 0 Å². The lowest BCUT2D eigenvalue weighted by molar-refractivity contribution is 0.379. The van der Waals surface area contributed by atoms with Gasteiger partial charge in [-0.2, -0.15) is 0 Å². The Bertz CT molecular complexity index is 406. The van der Waals surface area contributed by atoms with Crippen molar-refractivity contribution >= 4 is 5.82 Å². The van der Waals surface area contributed by atoms with E-state index in [0.717, 1.165) is 9.13 Å². The van der Waals surface area contributed by atoms with Crippen molar-refractivity contribution in [2.45, 2.75) is 6.92 Å². The lowest BCUT2D eigenvalue weighted by atomic mass is 10.3. The Hall–Kier alpha value is -1.56. The summed E-state index contributed by atoms with van der Waals surface area (Å²) in [5, 5.41) is 8.68. The van der Waals surface area contributed by atoms with Crippen molar-refractivity contribution in [2.75, 3.05) is 5.48 Å². The fourth-order valence-corrected chi connectivity index (χ4v) is 1.17.